The van der Waals surface area contributed by atoms with Crippen LogP contribution >= 0.6 is 0 Å². The molecule has 0 fully saturated rings. The number of nitrogens with one attached hydrogen (secondary N) is 1. The second-order valence-corrected chi connectivity index (χ2v) is 27.0. The summed E-state index contributed by atoms with van der Waals surface area (Å²) in [6.07, 6.45) is 101. The molecular weight excluding hydrogens is 1070 g/mol. The first-order chi connectivity index (χ1) is 43.0. The van der Waals surface area contributed by atoms with Crippen LogP contribution in [0.3, 0.4) is 0 Å². The summed E-state index contributed by atoms with van der Waals surface area (Å²) in [5, 5.41) is 23.3. The maximum absolute atomic E-state index is 12.5. The van der Waals surface area contributed by atoms with Crippen molar-refractivity contribution in [2.45, 2.75) is 443 Å². The molecule has 0 rings (SSSR count). The molecular formula is C81H153NO5. The minimum absolute atomic E-state index is 0.00601. The summed E-state index contributed by atoms with van der Waals surface area (Å²) in [6.45, 7) is 4.94. The van der Waals surface area contributed by atoms with Crippen molar-refractivity contribution < 1.29 is 24.5 Å². The number of carbonyl (C=O) groups excluding carboxylic acids is 2. The summed E-state index contributed by atoms with van der Waals surface area (Å²) in [6, 6.07) is -0.630. The van der Waals surface area contributed by atoms with Gasteiger partial charge in [-0.15, -0.1) is 0 Å². The lowest BCUT2D eigenvalue weighted by Gasteiger charge is -2.20. The molecule has 0 aromatic heterocycles. The van der Waals surface area contributed by atoms with Crippen molar-refractivity contribution in [3.63, 3.8) is 0 Å². The van der Waals surface area contributed by atoms with Crippen LogP contribution in [0.5, 0.6) is 0 Å². The number of rotatable bonds is 74. The SMILES string of the molecule is CCCCCCCCC/C=C\CCCCCCCC(=O)OCCCCCCCCCCC/C=C\C/C=C\CCCCCCCCCCCCCCCCCC(=O)NC(CO)C(O)/C=C/CCCCCCCCCCCCCCCCCCCCCCC. The molecule has 0 saturated heterocycles. The molecule has 2 unspecified atom stereocenters. The van der Waals surface area contributed by atoms with Crippen LogP contribution in [0.1, 0.15) is 431 Å². The average molecular weight is 1220 g/mol. The van der Waals surface area contributed by atoms with Gasteiger partial charge in [0.2, 0.25) is 5.91 Å². The number of unbranched alkanes of at least 4 members (excludes halogenated alkanes) is 57. The van der Waals surface area contributed by atoms with Crippen LogP contribution < -0.4 is 5.32 Å². The summed E-state index contributed by atoms with van der Waals surface area (Å²) < 4.78 is 5.49. The van der Waals surface area contributed by atoms with Crippen LogP contribution in [-0.2, 0) is 14.3 Å². The molecule has 0 heterocycles. The first-order valence-corrected chi connectivity index (χ1v) is 39.4. The van der Waals surface area contributed by atoms with E-state index in [0.717, 1.165) is 51.4 Å². The normalized spacial score (nSPS) is 12.7. The first kappa shape index (κ1) is 84.8. The number of aliphatic hydroxyl groups is 2. The lowest BCUT2D eigenvalue weighted by atomic mass is 10.0. The fraction of sp³-hybridized carbons (Fsp3) is 0.877. The van der Waals surface area contributed by atoms with E-state index < -0.39 is 12.1 Å². The van der Waals surface area contributed by atoms with Crippen molar-refractivity contribution in [1.29, 1.82) is 0 Å². The van der Waals surface area contributed by atoms with Crippen LogP contribution in [0, 0.1) is 0 Å². The number of carbonyl (C=O) groups is 2. The van der Waals surface area contributed by atoms with Gasteiger partial charge in [0.1, 0.15) is 0 Å². The predicted octanol–water partition coefficient (Wildman–Crippen LogP) is 26.0. The quantitative estimate of drug-likeness (QED) is 0.0320. The molecule has 0 aromatic carbocycles. The third-order valence-corrected chi connectivity index (χ3v) is 18.3. The van der Waals surface area contributed by atoms with Crippen LogP contribution in [0.25, 0.3) is 0 Å². The Bertz CT molecular complexity index is 1450. The molecule has 0 aromatic rings. The molecule has 0 spiro atoms. The van der Waals surface area contributed by atoms with Crippen LogP contribution in [-0.4, -0.2) is 47.4 Å². The van der Waals surface area contributed by atoms with Crippen molar-refractivity contribution in [3.8, 4) is 0 Å². The molecule has 1 amide bonds. The summed E-state index contributed by atoms with van der Waals surface area (Å²) >= 11 is 0. The smallest absolute Gasteiger partial charge is 0.305 e. The monoisotopic (exact) mass is 1220 g/mol. The van der Waals surface area contributed by atoms with Crippen molar-refractivity contribution in [2.75, 3.05) is 13.2 Å². The number of ether oxygens (including phenoxy) is 1. The van der Waals surface area contributed by atoms with Gasteiger partial charge in [-0.3, -0.25) is 9.59 Å². The van der Waals surface area contributed by atoms with Gasteiger partial charge in [-0.1, -0.05) is 377 Å². The molecule has 6 nitrogen and oxygen atoms in total. The van der Waals surface area contributed by atoms with E-state index in [9.17, 15) is 19.8 Å². The Balaban J connectivity index is 3.42. The molecule has 512 valence electrons. The van der Waals surface area contributed by atoms with Gasteiger partial charge in [-0.05, 0) is 89.9 Å². The van der Waals surface area contributed by atoms with Crippen molar-refractivity contribution >= 4 is 11.9 Å². The van der Waals surface area contributed by atoms with E-state index in [1.54, 1.807) is 6.08 Å². The molecule has 0 radical (unpaired) electrons. The maximum Gasteiger partial charge on any atom is 0.305 e. The molecule has 0 aliphatic heterocycles. The summed E-state index contributed by atoms with van der Waals surface area (Å²) in [5.41, 5.74) is 0. The van der Waals surface area contributed by atoms with Crippen LogP contribution in [0.2, 0.25) is 0 Å². The zero-order chi connectivity index (χ0) is 62.8. The topological polar surface area (TPSA) is 95.9 Å². The fourth-order valence-electron chi connectivity index (χ4n) is 12.3. The summed E-state index contributed by atoms with van der Waals surface area (Å²) in [4.78, 5) is 24.6. The van der Waals surface area contributed by atoms with Gasteiger partial charge in [-0.25, -0.2) is 0 Å². The van der Waals surface area contributed by atoms with E-state index in [2.05, 4.69) is 55.6 Å². The Morgan fingerprint density at radius 2 is 0.575 bits per heavy atom. The number of aliphatic hydroxyl groups excluding tert-OH is 2. The highest BCUT2D eigenvalue weighted by atomic mass is 16.5. The van der Waals surface area contributed by atoms with Gasteiger partial charge in [-0.2, -0.15) is 0 Å². The van der Waals surface area contributed by atoms with Crippen molar-refractivity contribution in [2.24, 2.45) is 0 Å². The van der Waals surface area contributed by atoms with Crippen molar-refractivity contribution in [3.05, 3.63) is 48.6 Å². The van der Waals surface area contributed by atoms with Crippen molar-refractivity contribution in [1.82, 2.24) is 5.32 Å². The second-order valence-electron chi connectivity index (χ2n) is 27.0. The standard InChI is InChI=1S/C81H153NO5/c1-3-5-7-9-11-13-15-17-19-21-22-23-33-36-39-42-45-49-53-57-61-65-69-73-79(84)78(77-83)82-80(85)74-70-66-62-58-54-50-46-43-40-37-34-31-29-27-25-24-26-28-30-32-35-38-41-44-48-52-56-60-64-68-72-76-87-81(86)75-71-67-63-59-55-51-47-20-18-16-14-12-10-8-6-4-2/h20,26,28,32,35,47,69,73,78-79,83-84H,3-19,21-25,27,29-31,33-34,36-46,48-68,70-72,74-77H2,1-2H3,(H,82,85)/b28-26-,35-32-,47-20-,73-69+. The largest absolute Gasteiger partial charge is 0.466 e. The second kappa shape index (κ2) is 76.3. The van der Waals surface area contributed by atoms with Gasteiger partial charge in [0.25, 0.3) is 0 Å². The number of hydrogen-bond acceptors (Lipinski definition) is 5. The van der Waals surface area contributed by atoms with E-state index >= 15 is 0 Å². The lowest BCUT2D eigenvalue weighted by molar-refractivity contribution is -0.143. The molecule has 0 aliphatic rings. The molecule has 6 heteroatoms. The van der Waals surface area contributed by atoms with E-state index in [0.29, 0.717) is 19.4 Å². The Labute approximate surface area is 544 Å². The van der Waals surface area contributed by atoms with Crippen LogP contribution in [0.15, 0.2) is 48.6 Å². The minimum Gasteiger partial charge on any atom is -0.466 e. The Hall–Kier alpha value is -2.18. The molecule has 3 N–H and O–H groups in total. The van der Waals surface area contributed by atoms with Gasteiger partial charge >= 0.3 is 5.97 Å². The Morgan fingerprint density at radius 1 is 0.322 bits per heavy atom. The number of allylic oxidation sites excluding steroid dienone is 7. The van der Waals surface area contributed by atoms with Gasteiger partial charge in [0.15, 0.2) is 0 Å². The Kier molecular flexibility index (Phi) is 74.4. The highest BCUT2D eigenvalue weighted by Crippen LogP contribution is 2.19. The average Bonchev–Trinajstić information content (AvgIpc) is 3.52. The highest BCUT2D eigenvalue weighted by Gasteiger charge is 2.18. The molecule has 87 heavy (non-hydrogen) atoms. The minimum atomic E-state index is -0.846. The van der Waals surface area contributed by atoms with E-state index in [1.165, 1.54) is 353 Å². The molecule has 2 atom stereocenters. The van der Waals surface area contributed by atoms with E-state index in [-0.39, 0.29) is 18.5 Å². The van der Waals surface area contributed by atoms with Gasteiger partial charge < -0.3 is 20.3 Å². The van der Waals surface area contributed by atoms with E-state index in [4.69, 9.17) is 4.74 Å². The predicted molar refractivity (Wildman–Crippen MR) is 384 cm³/mol. The fourth-order valence-corrected chi connectivity index (χ4v) is 12.3. The van der Waals surface area contributed by atoms with Gasteiger partial charge in [0, 0.05) is 12.8 Å². The summed E-state index contributed by atoms with van der Waals surface area (Å²) in [5.74, 6) is -0.0571. The molecule has 0 bridgehead atoms. The van der Waals surface area contributed by atoms with Crippen LogP contribution in [0.4, 0.5) is 0 Å². The lowest BCUT2D eigenvalue weighted by Crippen LogP contribution is -2.45. The van der Waals surface area contributed by atoms with Gasteiger partial charge in [0.05, 0.1) is 25.4 Å². The number of hydrogen-bond donors (Lipinski definition) is 3. The zero-order valence-electron chi connectivity index (χ0n) is 58.8. The molecule has 0 aliphatic carbocycles. The maximum atomic E-state index is 12.5. The van der Waals surface area contributed by atoms with E-state index in [1.807, 2.05) is 6.08 Å². The highest BCUT2D eigenvalue weighted by molar-refractivity contribution is 5.76. The number of esters is 1. The first-order valence-electron chi connectivity index (χ1n) is 39.4. The Morgan fingerprint density at radius 3 is 0.885 bits per heavy atom. The third kappa shape index (κ3) is 72.8. The molecule has 0 saturated carbocycles. The number of amides is 1. The third-order valence-electron chi connectivity index (χ3n) is 18.3. The zero-order valence-corrected chi connectivity index (χ0v) is 58.8. The summed E-state index contributed by atoms with van der Waals surface area (Å²) in [7, 11) is 0.